The maximum absolute atomic E-state index is 2.55. The summed E-state index contributed by atoms with van der Waals surface area (Å²) in [6, 6.07) is 108. The fourth-order valence-corrected chi connectivity index (χ4v) is 15.3. The van der Waals surface area contributed by atoms with Gasteiger partial charge in [0.05, 0.1) is 0 Å². The molecule has 0 saturated carbocycles. The molecule has 0 heterocycles. The summed E-state index contributed by atoms with van der Waals surface area (Å²) in [6.07, 6.45) is 8.64. The van der Waals surface area contributed by atoms with Gasteiger partial charge in [-0.05, 0) is 219 Å². The highest BCUT2D eigenvalue weighted by atomic mass is 15.2. The lowest BCUT2D eigenvalue weighted by atomic mass is 9.82. The van der Waals surface area contributed by atoms with Gasteiger partial charge in [0, 0.05) is 85.0 Å². The van der Waals surface area contributed by atoms with E-state index in [1.54, 1.807) is 0 Å². The van der Waals surface area contributed by atoms with Crippen LogP contribution in [0.2, 0.25) is 0 Å². The number of para-hydroxylation sites is 6. The molecule has 0 atom stereocenters. The SMILES string of the molecule is CCCCCCCCC1c2cc(N(c3ccccc3)c3ccc4c(c3)C(C)(C)c3cc(N(c5ccccc5)c5ccccc5)ccc3-4)ccc2-c2ccc(N(c3ccccc3)c3ccc4c(c3)C(C)(C)c3cc(N(c5ccccc5)c5ccccc5)ccc3-4)cc21. The molecular weight excluding hydrogens is 1100 g/mol. The van der Waals surface area contributed by atoms with Gasteiger partial charge in [-0.25, -0.2) is 0 Å². The van der Waals surface area contributed by atoms with E-state index in [4.69, 9.17) is 0 Å². The average molecular weight is 1180 g/mol. The lowest BCUT2D eigenvalue weighted by Crippen LogP contribution is -2.17. The molecule has 3 aliphatic carbocycles. The van der Waals surface area contributed by atoms with Crippen molar-refractivity contribution < 1.29 is 0 Å². The van der Waals surface area contributed by atoms with Gasteiger partial charge in [-0.1, -0.05) is 219 Å². The third-order valence-electron chi connectivity index (χ3n) is 19.9. The van der Waals surface area contributed by atoms with Crippen LogP contribution in [0.1, 0.15) is 119 Å². The third-order valence-corrected chi connectivity index (χ3v) is 19.9. The van der Waals surface area contributed by atoms with E-state index < -0.39 is 0 Å². The Morgan fingerprint density at radius 2 is 0.473 bits per heavy atom. The summed E-state index contributed by atoms with van der Waals surface area (Å²) < 4.78 is 0. The molecule has 4 nitrogen and oxygen atoms in total. The van der Waals surface area contributed by atoms with Gasteiger partial charge in [0.1, 0.15) is 0 Å². The first kappa shape index (κ1) is 57.3. The second-order valence-corrected chi connectivity index (χ2v) is 26.2. The number of hydrogen-bond acceptors (Lipinski definition) is 4. The van der Waals surface area contributed by atoms with Crippen LogP contribution in [0.4, 0.5) is 68.2 Å². The Bertz CT molecular complexity index is 4210. The Morgan fingerprint density at radius 1 is 0.242 bits per heavy atom. The van der Waals surface area contributed by atoms with Crippen LogP contribution >= 0.6 is 0 Å². The number of rotatable bonds is 19. The van der Waals surface area contributed by atoms with Gasteiger partial charge in [-0.3, -0.25) is 0 Å². The minimum atomic E-state index is -0.260. The standard InChI is InChI=1S/C87H78N4/c1-6-7-8-9-10-29-42-73-80-55-67(90(65-38-25-15-26-39-65)71-47-53-78-76-51-45-69(57-82(76)86(2,3)84(78)59-71)88(61-30-17-11-18-31-61)62-32-19-12-20-33-62)43-49-74(80)75-50-44-68(56-81(73)75)91(66-40-27-16-28-41-66)72-48-54-79-77-52-46-70(58-83(77)87(4,5)85(79)60-72)89(63-34-21-13-22-35-63)64-36-23-14-24-37-64/h11-28,30-41,43-60,73H,6-10,29,42H2,1-5H3. The second-order valence-electron chi connectivity index (χ2n) is 26.2. The van der Waals surface area contributed by atoms with Crippen LogP contribution in [0.5, 0.6) is 0 Å². The topological polar surface area (TPSA) is 13.0 Å². The van der Waals surface area contributed by atoms with E-state index in [1.165, 1.54) is 117 Å². The highest BCUT2D eigenvalue weighted by Gasteiger charge is 2.39. The maximum Gasteiger partial charge on any atom is 0.0465 e. The number of unbranched alkanes of at least 4 members (excludes halogenated alkanes) is 5. The molecule has 446 valence electrons. The van der Waals surface area contributed by atoms with Crippen molar-refractivity contribution in [3.63, 3.8) is 0 Å². The molecular formula is C87H78N4. The highest BCUT2D eigenvalue weighted by molar-refractivity contribution is 5.93. The first-order valence-corrected chi connectivity index (χ1v) is 33.0. The Kier molecular flexibility index (Phi) is 15.1. The van der Waals surface area contributed by atoms with E-state index in [1.807, 2.05) is 0 Å². The van der Waals surface area contributed by atoms with Crippen LogP contribution in [0.15, 0.2) is 291 Å². The lowest BCUT2D eigenvalue weighted by Gasteiger charge is -2.29. The molecule has 0 unspecified atom stereocenters. The molecule has 91 heavy (non-hydrogen) atoms. The molecule has 0 aromatic heterocycles. The summed E-state index contributed by atoms with van der Waals surface area (Å²) in [5.41, 5.74) is 29.4. The Hall–Kier alpha value is -10.2. The van der Waals surface area contributed by atoms with Crippen LogP contribution in [0.25, 0.3) is 33.4 Å². The Balaban J connectivity index is 0.789. The van der Waals surface area contributed by atoms with Gasteiger partial charge >= 0.3 is 0 Å². The second kappa shape index (κ2) is 24.0. The van der Waals surface area contributed by atoms with E-state index in [-0.39, 0.29) is 16.7 Å². The van der Waals surface area contributed by atoms with Crippen molar-refractivity contribution >= 4 is 68.2 Å². The summed E-state index contributed by atoms with van der Waals surface area (Å²) in [7, 11) is 0. The van der Waals surface area contributed by atoms with E-state index >= 15 is 0 Å². The molecule has 4 heteroatoms. The fraction of sp³-hybridized carbons (Fsp3) is 0.172. The van der Waals surface area contributed by atoms with Gasteiger partial charge < -0.3 is 19.6 Å². The minimum absolute atomic E-state index is 0.231. The first-order chi connectivity index (χ1) is 44.6. The molecule has 0 spiro atoms. The quantitative estimate of drug-likeness (QED) is 0.0748. The summed E-state index contributed by atoms with van der Waals surface area (Å²) in [5.74, 6) is 0.231. The fourth-order valence-electron chi connectivity index (χ4n) is 15.3. The summed E-state index contributed by atoms with van der Waals surface area (Å²) in [5, 5.41) is 0. The van der Waals surface area contributed by atoms with Crippen molar-refractivity contribution in [1.82, 2.24) is 0 Å². The number of benzene rings is 12. The largest absolute Gasteiger partial charge is 0.310 e. The zero-order valence-corrected chi connectivity index (χ0v) is 53.0. The van der Waals surface area contributed by atoms with Gasteiger partial charge in [0.2, 0.25) is 0 Å². The van der Waals surface area contributed by atoms with E-state index in [0.717, 1.165) is 63.3 Å². The van der Waals surface area contributed by atoms with Gasteiger partial charge in [-0.15, -0.1) is 0 Å². The predicted molar refractivity (Wildman–Crippen MR) is 386 cm³/mol. The zero-order valence-electron chi connectivity index (χ0n) is 53.0. The van der Waals surface area contributed by atoms with Crippen molar-refractivity contribution in [2.24, 2.45) is 0 Å². The Morgan fingerprint density at radius 3 is 0.747 bits per heavy atom. The molecule has 0 amide bonds. The zero-order chi connectivity index (χ0) is 61.6. The molecule has 0 fully saturated rings. The first-order valence-electron chi connectivity index (χ1n) is 33.0. The van der Waals surface area contributed by atoms with Crippen molar-refractivity contribution in [3.05, 3.63) is 325 Å². The molecule has 0 bridgehead atoms. The molecule has 0 aliphatic heterocycles. The summed E-state index contributed by atoms with van der Waals surface area (Å²) >= 11 is 0. The molecule has 12 aromatic rings. The van der Waals surface area contributed by atoms with E-state index in [9.17, 15) is 0 Å². The van der Waals surface area contributed by atoms with Crippen LogP contribution in [0.3, 0.4) is 0 Å². The van der Waals surface area contributed by atoms with Crippen LogP contribution in [-0.2, 0) is 10.8 Å². The number of hydrogen-bond donors (Lipinski definition) is 0. The lowest BCUT2D eigenvalue weighted by molar-refractivity contribution is 0.571. The average Bonchev–Trinajstić information content (AvgIpc) is 1.60. The van der Waals surface area contributed by atoms with Crippen molar-refractivity contribution in [3.8, 4) is 33.4 Å². The van der Waals surface area contributed by atoms with E-state index in [0.29, 0.717) is 0 Å². The number of fused-ring (bicyclic) bond motifs is 9. The van der Waals surface area contributed by atoms with Crippen LogP contribution in [-0.4, -0.2) is 0 Å². The number of nitrogens with zero attached hydrogens (tertiary/aromatic N) is 4. The third kappa shape index (κ3) is 10.4. The van der Waals surface area contributed by atoms with Gasteiger partial charge in [0.25, 0.3) is 0 Å². The van der Waals surface area contributed by atoms with Crippen molar-refractivity contribution in [2.45, 2.75) is 96.3 Å². The van der Waals surface area contributed by atoms with Crippen molar-refractivity contribution in [2.75, 3.05) is 19.6 Å². The molecule has 0 N–H and O–H groups in total. The van der Waals surface area contributed by atoms with Crippen LogP contribution < -0.4 is 19.6 Å². The Labute approximate surface area is 539 Å². The smallest absolute Gasteiger partial charge is 0.0465 e. The monoisotopic (exact) mass is 1180 g/mol. The molecule has 3 aliphatic rings. The molecule has 0 saturated heterocycles. The molecule has 12 aromatic carbocycles. The van der Waals surface area contributed by atoms with Gasteiger partial charge in [-0.2, -0.15) is 0 Å². The van der Waals surface area contributed by atoms with E-state index in [2.05, 4.69) is 345 Å². The number of anilines is 12. The minimum Gasteiger partial charge on any atom is -0.310 e. The molecule has 0 radical (unpaired) electrons. The highest BCUT2D eigenvalue weighted by Crippen LogP contribution is 2.57. The molecule has 15 rings (SSSR count). The normalized spacial score (nSPS) is 13.5. The van der Waals surface area contributed by atoms with Gasteiger partial charge in [0.15, 0.2) is 0 Å². The summed E-state index contributed by atoms with van der Waals surface area (Å²) in [6.45, 7) is 12.0. The van der Waals surface area contributed by atoms with Crippen molar-refractivity contribution in [1.29, 1.82) is 0 Å². The van der Waals surface area contributed by atoms with Crippen LogP contribution in [0, 0.1) is 0 Å². The predicted octanol–water partition coefficient (Wildman–Crippen LogP) is 25.0. The summed E-state index contributed by atoms with van der Waals surface area (Å²) in [4.78, 5) is 9.76. The maximum atomic E-state index is 2.55.